The quantitative estimate of drug-likeness (QED) is 0.144. The maximum Gasteiger partial charge on any atom is 0.416 e. The van der Waals surface area contributed by atoms with E-state index in [2.05, 4.69) is 20.2 Å². The van der Waals surface area contributed by atoms with Crippen LogP contribution in [0.2, 0.25) is 0 Å². The number of halogens is 6. The summed E-state index contributed by atoms with van der Waals surface area (Å²) in [5.74, 6) is 1.58. The number of fused-ring (bicyclic) bond motifs is 1. The Morgan fingerprint density at radius 2 is 1.37 bits per heavy atom. The molecule has 4 aromatic rings. The molecule has 1 N–H and O–H groups in total. The fourth-order valence-electron chi connectivity index (χ4n) is 6.42. The molecule has 0 spiro atoms. The standard InChI is InChI=1S/C37H42F6N8O.C2H6/c1-21-30-13-26(31(47-32(30)51(48-21)35(2,3)4)49(17-22-5-6-22)18-23-7-8-23)20-50(34-44-15-29(16-45-34)46-33(52)25-9-10-25)19-24-11-27(36(38,39)40)14-28(12-24)37(41,42)43;1-2/h11-16,22-23,25H,5-10,17-20H2,1-4H3,(H,46,52);1-2H3. The molecule has 54 heavy (non-hydrogen) atoms. The summed E-state index contributed by atoms with van der Waals surface area (Å²) in [5, 5.41) is 8.39. The number of amides is 1. The average Bonchev–Trinajstić information content (AvgIpc) is 3.96. The van der Waals surface area contributed by atoms with Crippen molar-refractivity contribution in [1.82, 2.24) is 24.7 Å². The Bertz CT molecular complexity index is 1910. The number of nitrogens with zero attached hydrogens (tertiary/aromatic N) is 7. The molecule has 0 unspecified atom stereocenters. The maximum absolute atomic E-state index is 13.9. The van der Waals surface area contributed by atoms with E-state index in [1.54, 1.807) is 4.90 Å². The van der Waals surface area contributed by atoms with Gasteiger partial charge in [0.25, 0.3) is 0 Å². The predicted octanol–water partition coefficient (Wildman–Crippen LogP) is 9.53. The van der Waals surface area contributed by atoms with Crippen LogP contribution in [0.15, 0.2) is 36.7 Å². The van der Waals surface area contributed by atoms with Gasteiger partial charge in [-0.3, -0.25) is 4.79 Å². The molecular formula is C39H48F6N8O. The van der Waals surface area contributed by atoms with Crippen LogP contribution in [-0.2, 0) is 35.8 Å². The molecule has 3 aromatic heterocycles. The number of aromatic nitrogens is 5. The van der Waals surface area contributed by atoms with E-state index in [9.17, 15) is 31.1 Å². The van der Waals surface area contributed by atoms with Crippen molar-refractivity contribution in [2.75, 3.05) is 28.2 Å². The zero-order chi connectivity index (χ0) is 39.2. The van der Waals surface area contributed by atoms with Crippen molar-refractivity contribution in [3.63, 3.8) is 0 Å². The molecule has 0 atom stereocenters. The molecular weight excluding hydrogens is 710 g/mol. The summed E-state index contributed by atoms with van der Waals surface area (Å²) < 4.78 is 85.4. The smallest absolute Gasteiger partial charge is 0.356 e. The molecule has 3 fully saturated rings. The van der Waals surface area contributed by atoms with Crippen LogP contribution in [-0.4, -0.2) is 43.7 Å². The van der Waals surface area contributed by atoms with Crippen LogP contribution in [0.1, 0.15) is 101 Å². The largest absolute Gasteiger partial charge is 0.416 e. The number of benzene rings is 1. The summed E-state index contributed by atoms with van der Waals surface area (Å²) in [5.41, 5.74) is -0.880. The van der Waals surface area contributed by atoms with Crippen LogP contribution in [0.5, 0.6) is 0 Å². The monoisotopic (exact) mass is 758 g/mol. The van der Waals surface area contributed by atoms with Crippen LogP contribution in [0.3, 0.4) is 0 Å². The highest BCUT2D eigenvalue weighted by Gasteiger charge is 2.38. The molecule has 1 aromatic carbocycles. The Hall–Kier alpha value is -4.43. The first-order chi connectivity index (χ1) is 25.4. The summed E-state index contributed by atoms with van der Waals surface area (Å²) in [6.07, 6.45) is -1.18. The highest BCUT2D eigenvalue weighted by atomic mass is 19.4. The minimum Gasteiger partial charge on any atom is -0.356 e. The van der Waals surface area contributed by atoms with Gasteiger partial charge >= 0.3 is 12.4 Å². The summed E-state index contributed by atoms with van der Waals surface area (Å²) in [7, 11) is 0. The van der Waals surface area contributed by atoms with Gasteiger partial charge in [-0.05, 0) is 108 Å². The van der Waals surface area contributed by atoms with Crippen molar-refractivity contribution >= 4 is 34.4 Å². The van der Waals surface area contributed by atoms with E-state index in [-0.39, 0.29) is 48.0 Å². The Morgan fingerprint density at radius 1 is 0.815 bits per heavy atom. The van der Waals surface area contributed by atoms with Gasteiger partial charge in [-0.25, -0.2) is 19.6 Å². The second-order valence-corrected chi connectivity index (χ2v) is 15.6. The molecule has 3 aliphatic carbocycles. The number of rotatable bonds is 12. The second-order valence-electron chi connectivity index (χ2n) is 15.6. The number of aryl methyl sites for hydroxylation is 1. The first kappa shape index (κ1) is 39.3. The molecule has 0 bridgehead atoms. The summed E-state index contributed by atoms with van der Waals surface area (Å²) in [6, 6.07) is 3.58. The fraction of sp³-hybridized carbons (Fsp3) is 0.564. The topological polar surface area (TPSA) is 92.1 Å². The van der Waals surface area contributed by atoms with E-state index >= 15 is 0 Å². The van der Waals surface area contributed by atoms with Gasteiger partial charge in [-0.2, -0.15) is 31.4 Å². The molecule has 3 aliphatic rings. The Kier molecular flexibility index (Phi) is 10.9. The first-order valence-corrected chi connectivity index (χ1v) is 18.7. The molecule has 3 heterocycles. The van der Waals surface area contributed by atoms with Crippen molar-refractivity contribution in [1.29, 1.82) is 0 Å². The van der Waals surface area contributed by atoms with Gasteiger partial charge in [-0.1, -0.05) is 13.8 Å². The van der Waals surface area contributed by atoms with Gasteiger partial charge in [0.15, 0.2) is 5.65 Å². The number of pyridine rings is 1. The van der Waals surface area contributed by atoms with E-state index in [1.165, 1.54) is 12.4 Å². The van der Waals surface area contributed by atoms with Crippen LogP contribution in [0.25, 0.3) is 11.0 Å². The average molecular weight is 759 g/mol. The lowest BCUT2D eigenvalue weighted by atomic mass is 10.0. The lowest BCUT2D eigenvalue weighted by Gasteiger charge is -2.30. The van der Waals surface area contributed by atoms with Crippen LogP contribution >= 0.6 is 0 Å². The summed E-state index contributed by atoms with van der Waals surface area (Å²) >= 11 is 0. The van der Waals surface area contributed by atoms with Crippen LogP contribution in [0, 0.1) is 24.7 Å². The second kappa shape index (κ2) is 15.0. The number of nitrogens with one attached hydrogen (secondary N) is 1. The van der Waals surface area contributed by atoms with E-state index in [1.807, 2.05) is 52.3 Å². The van der Waals surface area contributed by atoms with Crippen molar-refractivity contribution in [3.8, 4) is 0 Å². The Morgan fingerprint density at radius 3 is 1.85 bits per heavy atom. The van der Waals surface area contributed by atoms with E-state index in [4.69, 9.17) is 10.1 Å². The normalized spacial score (nSPS) is 16.2. The lowest BCUT2D eigenvalue weighted by Crippen LogP contribution is -2.32. The van der Waals surface area contributed by atoms with Crippen molar-refractivity contribution in [2.45, 2.75) is 111 Å². The summed E-state index contributed by atoms with van der Waals surface area (Å²) in [4.78, 5) is 30.4. The third-order valence-electron chi connectivity index (χ3n) is 9.70. The number of hydrogen-bond donors (Lipinski definition) is 1. The Labute approximate surface area is 311 Å². The third kappa shape index (κ3) is 9.43. The van der Waals surface area contributed by atoms with E-state index in [0.717, 1.165) is 80.4 Å². The van der Waals surface area contributed by atoms with Crippen LogP contribution in [0.4, 0.5) is 43.8 Å². The molecule has 292 valence electrons. The molecule has 7 rings (SSSR count). The minimum atomic E-state index is -5.00. The predicted molar refractivity (Wildman–Crippen MR) is 196 cm³/mol. The molecule has 9 nitrogen and oxygen atoms in total. The van der Waals surface area contributed by atoms with Gasteiger partial charge < -0.3 is 15.1 Å². The number of carbonyl (C=O) groups is 1. The number of carbonyl (C=O) groups excluding carboxylic acids is 1. The van der Waals surface area contributed by atoms with Crippen molar-refractivity contribution in [2.24, 2.45) is 17.8 Å². The number of hydrogen-bond acceptors (Lipinski definition) is 7. The summed E-state index contributed by atoms with van der Waals surface area (Å²) in [6.45, 7) is 13.2. The minimum absolute atomic E-state index is 0.0234. The van der Waals surface area contributed by atoms with Gasteiger partial charge in [0.2, 0.25) is 11.9 Å². The number of anilines is 3. The molecule has 0 aliphatic heterocycles. The highest BCUT2D eigenvalue weighted by Crippen LogP contribution is 2.40. The van der Waals surface area contributed by atoms with Crippen molar-refractivity contribution < 1.29 is 31.1 Å². The van der Waals surface area contributed by atoms with Gasteiger partial charge in [0, 0.05) is 43.0 Å². The van der Waals surface area contributed by atoms with Gasteiger partial charge in [0.1, 0.15) is 5.82 Å². The molecule has 15 heteroatoms. The number of alkyl halides is 6. The molecule has 1 amide bonds. The van der Waals surface area contributed by atoms with Gasteiger partial charge in [0.05, 0.1) is 40.4 Å². The zero-order valence-electron chi connectivity index (χ0n) is 31.6. The first-order valence-electron chi connectivity index (χ1n) is 18.7. The maximum atomic E-state index is 13.9. The third-order valence-corrected chi connectivity index (χ3v) is 9.70. The van der Waals surface area contributed by atoms with E-state index in [0.29, 0.717) is 29.0 Å². The van der Waals surface area contributed by atoms with E-state index < -0.39 is 23.5 Å². The fourth-order valence-corrected chi connectivity index (χ4v) is 6.42. The highest BCUT2D eigenvalue weighted by molar-refractivity contribution is 5.93. The molecule has 0 saturated heterocycles. The zero-order valence-corrected chi connectivity index (χ0v) is 31.6. The van der Waals surface area contributed by atoms with Gasteiger partial charge in [-0.15, -0.1) is 0 Å². The SMILES string of the molecule is CC.Cc1nn(C(C)(C)C)c2nc(N(CC3CC3)CC3CC3)c(CN(Cc3cc(C(F)(F)F)cc(C(F)(F)F)c3)c3ncc(NC(=O)C4CC4)cn3)cc12. The van der Waals surface area contributed by atoms with Crippen molar-refractivity contribution in [3.05, 3.63) is 64.6 Å². The molecule has 3 saturated carbocycles. The lowest BCUT2D eigenvalue weighted by molar-refractivity contribution is -0.143. The molecule has 0 radical (unpaired) electrons. The van der Waals surface area contributed by atoms with Crippen LogP contribution < -0.4 is 15.1 Å². The Balaban J connectivity index is 0.00000245.